The summed E-state index contributed by atoms with van der Waals surface area (Å²) in [6.45, 7) is 2.51. The van der Waals surface area contributed by atoms with Crippen LogP contribution in [0, 0.1) is 6.92 Å². The minimum absolute atomic E-state index is 0.0632. The lowest BCUT2D eigenvalue weighted by Gasteiger charge is -2.09. The van der Waals surface area contributed by atoms with Crippen molar-refractivity contribution in [1.29, 1.82) is 0 Å². The number of nitrogens with one attached hydrogen (secondary N) is 2. The van der Waals surface area contributed by atoms with Crippen LogP contribution in [0.25, 0.3) is 10.9 Å². The van der Waals surface area contributed by atoms with E-state index in [2.05, 4.69) is 16.4 Å². The van der Waals surface area contributed by atoms with Crippen LogP contribution < -0.4 is 15.6 Å². The van der Waals surface area contributed by atoms with Crippen molar-refractivity contribution in [2.24, 2.45) is 0 Å². The molecule has 0 saturated heterocycles. The molecule has 0 unspecified atom stereocenters. The highest BCUT2D eigenvalue weighted by molar-refractivity contribution is 5.79. The Bertz CT molecular complexity index is 868. The number of aryl methyl sites for hydroxylation is 1. The number of methoxy groups -OCH3 is 1. The molecule has 112 valence electrons. The molecule has 0 saturated carbocycles. The predicted molar refractivity (Wildman–Crippen MR) is 89.6 cm³/mol. The van der Waals surface area contributed by atoms with Crippen LogP contribution in [-0.4, -0.2) is 12.1 Å². The van der Waals surface area contributed by atoms with E-state index >= 15 is 0 Å². The zero-order chi connectivity index (χ0) is 15.5. The lowest BCUT2D eigenvalue weighted by atomic mass is 10.1. The summed E-state index contributed by atoms with van der Waals surface area (Å²) in [6.07, 6.45) is 0. The van der Waals surface area contributed by atoms with E-state index in [9.17, 15) is 4.79 Å². The second-order valence-electron chi connectivity index (χ2n) is 5.30. The molecule has 0 radical (unpaired) electrons. The lowest BCUT2D eigenvalue weighted by Crippen LogP contribution is -2.15. The fourth-order valence-corrected chi connectivity index (χ4v) is 2.43. The number of aromatic amines is 1. The van der Waals surface area contributed by atoms with Crippen LogP contribution in [0.4, 0.5) is 5.69 Å². The minimum Gasteiger partial charge on any atom is -0.497 e. The van der Waals surface area contributed by atoms with Crippen molar-refractivity contribution in [2.75, 3.05) is 12.4 Å². The Kier molecular flexibility index (Phi) is 3.83. The third-order valence-electron chi connectivity index (χ3n) is 3.63. The van der Waals surface area contributed by atoms with Gasteiger partial charge in [0.05, 0.1) is 7.11 Å². The van der Waals surface area contributed by atoms with Gasteiger partial charge < -0.3 is 15.0 Å². The van der Waals surface area contributed by atoms with Crippen molar-refractivity contribution >= 4 is 16.6 Å². The van der Waals surface area contributed by atoms with Crippen molar-refractivity contribution < 1.29 is 4.74 Å². The zero-order valence-electron chi connectivity index (χ0n) is 12.6. The van der Waals surface area contributed by atoms with Crippen molar-refractivity contribution in [2.45, 2.75) is 13.5 Å². The van der Waals surface area contributed by atoms with Crippen LogP contribution in [0.15, 0.2) is 53.3 Å². The van der Waals surface area contributed by atoms with Crippen molar-refractivity contribution in [3.63, 3.8) is 0 Å². The van der Waals surface area contributed by atoms with Gasteiger partial charge in [0.2, 0.25) is 0 Å². The van der Waals surface area contributed by atoms with Gasteiger partial charge in [0.15, 0.2) is 0 Å². The minimum atomic E-state index is -0.0632. The van der Waals surface area contributed by atoms with E-state index in [1.54, 1.807) is 7.11 Å². The van der Waals surface area contributed by atoms with Gasteiger partial charge in [-0.25, -0.2) is 0 Å². The zero-order valence-corrected chi connectivity index (χ0v) is 12.6. The first-order chi connectivity index (χ1) is 10.7. The molecule has 0 spiro atoms. The summed E-state index contributed by atoms with van der Waals surface area (Å²) in [6, 6.07) is 15.6. The van der Waals surface area contributed by atoms with Gasteiger partial charge in [-0.05, 0) is 42.6 Å². The topological polar surface area (TPSA) is 54.1 Å². The molecule has 0 aliphatic heterocycles. The highest BCUT2D eigenvalue weighted by Gasteiger charge is 2.04. The summed E-state index contributed by atoms with van der Waals surface area (Å²) < 4.78 is 5.19. The lowest BCUT2D eigenvalue weighted by molar-refractivity contribution is 0.415. The molecule has 0 amide bonds. The highest BCUT2D eigenvalue weighted by Crippen LogP contribution is 2.18. The van der Waals surface area contributed by atoms with E-state index in [1.807, 2.05) is 49.4 Å². The number of benzene rings is 2. The molecule has 0 fully saturated rings. The summed E-state index contributed by atoms with van der Waals surface area (Å²) >= 11 is 0. The van der Waals surface area contributed by atoms with E-state index < -0.39 is 0 Å². The molecular weight excluding hydrogens is 276 g/mol. The van der Waals surface area contributed by atoms with E-state index in [-0.39, 0.29) is 5.56 Å². The van der Waals surface area contributed by atoms with Crippen LogP contribution in [0.5, 0.6) is 5.75 Å². The van der Waals surface area contributed by atoms with Crippen LogP contribution in [-0.2, 0) is 6.54 Å². The first-order valence-corrected chi connectivity index (χ1v) is 7.16. The largest absolute Gasteiger partial charge is 0.497 e. The number of hydrogen-bond acceptors (Lipinski definition) is 3. The molecule has 0 bridgehead atoms. The van der Waals surface area contributed by atoms with Gasteiger partial charge in [-0.1, -0.05) is 17.7 Å². The molecule has 4 heteroatoms. The van der Waals surface area contributed by atoms with Crippen LogP contribution in [0.1, 0.15) is 11.1 Å². The van der Waals surface area contributed by atoms with E-state index in [0.29, 0.717) is 12.1 Å². The van der Waals surface area contributed by atoms with Crippen molar-refractivity contribution in [3.05, 3.63) is 70.0 Å². The number of pyridine rings is 1. The molecule has 0 aliphatic carbocycles. The Morgan fingerprint density at radius 1 is 1.14 bits per heavy atom. The van der Waals surface area contributed by atoms with Gasteiger partial charge in [-0.2, -0.15) is 0 Å². The Morgan fingerprint density at radius 3 is 2.82 bits per heavy atom. The van der Waals surface area contributed by atoms with E-state index in [0.717, 1.165) is 22.3 Å². The maximum Gasteiger partial charge on any atom is 0.253 e. The maximum absolute atomic E-state index is 12.1. The molecule has 1 aromatic heterocycles. The molecular formula is C18H18N2O2. The maximum atomic E-state index is 12.1. The van der Waals surface area contributed by atoms with Gasteiger partial charge in [0.1, 0.15) is 5.75 Å². The number of rotatable bonds is 4. The molecule has 2 N–H and O–H groups in total. The third kappa shape index (κ3) is 2.96. The van der Waals surface area contributed by atoms with E-state index in [4.69, 9.17) is 4.74 Å². The van der Waals surface area contributed by atoms with Gasteiger partial charge in [0, 0.05) is 29.4 Å². The third-order valence-corrected chi connectivity index (χ3v) is 3.63. The number of aromatic nitrogens is 1. The summed E-state index contributed by atoms with van der Waals surface area (Å²) in [4.78, 5) is 15.1. The van der Waals surface area contributed by atoms with Crippen LogP contribution in [0.3, 0.4) is 0 Å². The first-order valence-electron chi connectivity index (χ1n) is 7.16. The quantitative estimate of drug-likeness (QED) is 0.775. The van der Waals surface area contributed by atoms with Crippen molar-refractivity contribution in [1.82, 2.24) is 4.98 Å². The Balaban J connectivity index is 1.86. The van der Waals surface area contributed by atoms with Gasteiger partial charge in [-0.15, -0.1) is 0 Å². The van der Waals surface area contributed by atoms with Gasteiger partial charge >= 0.3 is 0 Å². The molecule has 3 rings (SSSR count). The van der Waals surface area contributed by atoms with Crippen LogP contribution in [0.2, 0.25) is 0 Å². The standard InChI is InChI=1S/C18H18N2O2/c1-12-6-7-17-13(8-12)9-14(18(21)20-17)11-19-15-4-3-5-16(10-15)22-2/h3-10,19H,11H2,1-2H3,(H,20,21). The second kappa shape index (κ2) is 5.93. The first kappa shape index (κ1) is 14.2. The van der Waals surface area contributed by atoms with Gasteiger partial charge in [0.25, 0.3) is 5.56 Å². The predicted octanol–water partition coefficient (Wildman–Crippen LogP) is 3.46. The molecule has 0 atom stereocenters. The Labute approximate surface area is 128 Å². The number of ether oxygens (including phenoxy) is 1. The summed E-state index contributed by atoms with van der Waals surface area (Å²) in [7, 11) is 1.63. The van der Waals surface area contributed by atoms with E-state index in [1.165, 1.54) is 5.56 Å². The molecule has 3 aromatic rings. The SMILES string of the molecule is COc1cccc(NCc2cc3cc(C)ccc3[nH]c2=O)c1. The molecule has 22 heavy (non-hydrogen) atoms. The average Bonchev–Trinajstić information content (AvgIpc) is 2.53. The smallest absolute Gasteiger partial charge is 0.253 e. The molecule has 2 aromatic carbocycles. The van der Waals surface area contributed by atoms with Gasteiger partial charge in [-0.3, -0.25) is 4.79 Å². The number of H-pyrrole nitrogens is 1. The average molecular weight is 294 g/mol. The fourth-order valence-electron chi connectivity index (χ4n) is 2.43. The normalized spacial score (nSPS) is 10.6. The molecule has 4 nitrogen and oxygen atoms in total. The molecule has 1 heterocycles. The number of anilines is 1. The Morgan fingerprint density at radius 2 is 2.00 bits per heavy atom. The summed E-state index contributed by atoms with van der Waals surface area (Å²) in [5.41, 5.74) is 3.60. The molecule has 0 aliphatic rings. The number of hydrogen-bond donors (Lipinski definition) is 2. The summed E-state index contributed by atoms with van der Waals surface area (Å²) in [5, 5.41) is 4.30. The second-order valence-corrected chi connectivity index (χ2v) is 5.30. The number of fused-ring (bicyclic) bond motifs is 1. The van der Waals surface area contributed by atoms with Crippen molar-refractivity contribution in [3.8, 4) is 5.75 Å². The summed E-state index contributed by atoms with van der Waals surface area (Å²) in [5.74, 6) is 0.785. The monoisotopic (exact) mass is 294 g/mol. The van der Waals surface area contributed by atoms with Crippen LogP contribution >= 0.6 is 0 Å². The highest BCUT2D eigenvalue weighted by atomic mass is 16.5. The fraction of sp³-hybridized carbons (Fsp3) is 0.167. The Hall–Kier alpha value is -2.75.